The van der Waals surface area contributed by atoms with Gasteiger partial charge in [-0.05, 0) is 11.5 Å². The highest BCUT2D eigenvalue weighted by Crippen LogP contribution is 2.07. The van der Waals surface area contributed by atoms with E-state index in [0.29, 0.717) is 6.42 Å². The Balaban J connectivity index is 2.34. The highest BCUT2D eigenvalue weighted by molar-refractivity contribution is 5.86. The van der Waals surface area contributed by atoms with Crippen molar-refractivity contribution in [2.75, 3.05) is 6.54 Å². The zero-order chi connectivity index (χ0) is 17.2. The molecule has 0 saturated heterocycles. The van der Waals surface area contributed by atoms with Gasteiger partial charge < -0.3 is 20.5 Å². The number of carbonyl (C=O) groups is 3. The molecule has 1 aromatic rings. The van der Waals surface area contributed by atoms with Gasteiger partial charge in [0.1, 0.15) is 19.2 Å². The minimum Gasteiger partial charge on any atom is -0.480 e. The van der Waals surface area contributed by atoms with E-state index in [1.807, 2.05) is 37.3 Å². The van der Waals surface area contributed by atoms with Gasteiger partial charge in [-0.15, -0.1) is 0 Å². The van der Waals surface area contributed by atoms with Gasteiger partial charge in [0.25, 0.3) is 0 Å². The van der Waals surface area contributed by atoms with Gasteiger partial charge in [-0.1, -0.05) is 50.6 Å². The third-order valence-electron chi connectivity index (χ3n) is 3.40. The molecule has 0 bridgehead atoms. The van der Waals surface area contributed by atoms with Crippen molar-refractivity contribution in [3.8, 4) is 0 Å². The molecular formula is C16H22N2O5. The monoisotopic (exact) mass is 322 g/mol. The number of nitrogens with one attached hydrogen (secondary N) is 2. The Morgan fingerprint density at radius 1 is 1.22 bits per heavy atom. The summed E-state index contributed by atoms with van der Waals surface area (Å²) in [7, 11) is 0. The number of carboxylic acid groups (broad SMARTS) is 1. The second kappa shape index (κ2) is 9.45. The Morgan fingerprint density at radius 3 is 2.43 bits per heavy atom. The van der Waals surface area contributed by atoms with Gasteiger partial charge in [-0.3, -0.25) is 4.79 Å². The quantitative estimate of drug-likeness (QED) is 0.673. The van der Waals surface area contributed by atoms with E-state index in [1.165, 1.54) is 0 Å². The Bertz CT molecular complexity index is 533. The normalized spacial score (nSPS) is 12.8. The maximum Gasteiger partial charge on any atom is 0.407 e. The number of hydrogen-bond donors (Lipinski definition) is 3. The second-order valence-electron chi connectivity index (χ2n) is 5.18. The lowest BCUT2D eigenvalue weighted by Crippen LogP contribution is -2.48. The van der Waals surface area contributed by atoms with Gasteiger partial charge in [-0.25, -0.2) is 9.59 Å². The van der Waals surface area contributed by atoms with Crippen molar-refractivity contribution in [2.24, 2.45) is 5.92 Å². The standard InChI is InChI=1S/C16H22N2O5/c1-3-11(2)14(15(20)21)18-13(19)9-17-16(22)23-10-12-7-5-4-6-8-12/h4-8,11,14H,3,9-10H2,1-2H3,(H,17,22)(H,18,19)(H,20,21). The van der Waals surface area contributed by atoms with Crippen LogP contribution in [0.5, 0.6) is 0 Å². The van der Waals surface area contributed by atoms with Gasteiger partial charge in [0.2, 0.25) is 5.91 Å². The van der Waals surface area contributed by atoms with Gasteiger partial charge in [0, 0.05) is 0 Å². The molecule has 0 saturated carbocycles. The number of benzene rings is 1. The molecule has 3 N–H and O–H groups in total. The molecule has 0 fully saturated rings. The molecule has 0 aliphatic heterocycles. The summed E-state index contributed by atoms with van der Waals surface area (Å²) in [6, 6.07) is 8.14. The molecule has 23 heavy (non-hydrogen) atoms. The largest absolute Gasteiger partial charge is 0.480 e. The molecule has 0 radical (unpaired) electrons. The molecule has 0 aliphatic rings. The van der Waals surface area contributed by atoms with E-state index in [2.05, 4.69) is 10.6 Å². The minimum atomic E-state index is -1.10. The molecule has 2 atom stereocenters. The Morgan fingerprint density at radius 2 is 1.87 bits per heavy atom. The van der Waals surface area contributed by atoms with Crippen molar-refractivity contribution < 1.29 is 24.2 Å². The fraction of sp³-hybridized carbons (Fsp3) is 0.438. The summed E-state index contributed by atoms with van der Waals surface area (Å²) in [6.45, 7) is 3.33. The lowest BCUT2D eigenvalue weighted by Gasteiger charge is -2.20. The zero-order valence-electron chi connectivity index (χ0n) is 13.2. The van der Waals surface area contributed by atoms with Crippen LogP contribution in [0.1, 0.15) is 25.8 Å². The molecule has 1 rings (SSSR count). The molecule has 2 amide bonds. The van der Waals surface area contributed by atoms with E-state index in [9.17, 15) is 14.4 Å². The van der Waals surface area contributed by atoms with Crippen LogP contribution in [0.4, 0.5) is 4.79 Å². The maximum absolute atomic E-state index is 11.7. The summed E-state index contributed by atoms with van der Waals surface area (Å²) < 4.78 is 4.95. The predicted molar refractivity (Wildman–Crippen MR) is 83.7 cm³/mol. The summed E-state index contributed by atoms with van der Waals surface area (Å²) in [4.78, 5) is 34.3. The van der Waals surface area contributed by atoms with Crippen LogP contribution in [0.15, 0.2) is 30.3 Å². The first-order valence-electron chi connectivity index (χ1n) is 7.40. The van der Waals surface area contributed by atoms with Crippen molar-refractivity contribution in [2.45, 2.75) is 32.9 Å². The van der Waals surface area contributed by atoms with Gasteiger partial charge >= 0.3 is 12.1 Å². The molecule has 0 heterocycles. The molecule has 126 valence electrons. The Kier molecular flexibility index (Phi) is 7.59. The zero-order valence-corrected chi connectivity index (χ0v) is 13.2. The Hall–Kier alpha value is -2.57. The fourth-order valence-corrected chi connectivity index (χ4v) is 1.83. The molecule has 2 unspecified atom stereocenters. The first-order chi connectivity index (χ1) is 10.9. The Labute approximate surface area is 135 Å². The topological polar surface area (TPSA) is 105 Å². The fourth-order valence-electron chi connectivity index (χ4n) is 1.83. The third-order valence-corrected chi connectivity index (χ3v) is 3.40. The average Bonchev–Trinajstić information content (AvgIpc) is 2.55. The highest BCUT2D eigenvalue weighted by atomic mass is 16.5. The van der Waals surface area contributed by atoms with Crippen LogP contribution in [-0.4, -0.2) is 35.7 Å². The summed E-state index contributed by atoms with van der Waals surface area (Å²) in [5, 5.41) is 13.8. The maximum atomic E-state index is 11.7. The van der Waals surface area contributed by atoms with Crippen molar-refractivity contribution in [3.63, 3.8) is 0 Å². The van der Waals surface area contributed by atoms with E-state index < -0.39 is 24.0 Å². The number of hydrogen-bond acceptors (Lipinski definition) is 4. The number of carbonyl (C=O) groups excluding carboxylic acids is 2. The number of ether oxygens (including phenoxy) is 1. The van der Waals surface area contributed by atoms with Gasteiger partial charge in [-0.2, -0.15) is 0 Å². The van der Waals surface area contributed by atoms with Crippen LogP contribution in [0.25, 0.3) is 0 Å². The third kappa shape index (κ3) is 6.82. The number of aliphatic carboxylic acids is 1. The summed E-state index contributed by atoms with van der Waals surface area (Å²) in [6.07, 6.45) is -0.122. The highest BCUT2D eigenvalue weighted by Gasteiger charge is 2.25. The van der Waals surface area contributed by atoms with E-state index in [1.54, 1.807) is 6.92 Å². The second-order valence-corrected chi connectivity index (χ2v) is 5.18. The van der Waals surface area contributed by atoms with Crippen LogP contribution in [0.3, 0.4) is 0 Å². The summed E-state index contributed by atoms with van der Waals surface area (Å²) in [5.74, 6) is -1.88. The van der Waals surface area contributed by atoms with Gasteiger partial charge in [0.15, 0.2) is 0 Å². The number of carboxylic acids is 1. The number of rotatable bonds is 8. The molecule has 7 nitrogen and oxygen atoms in total. The van der Waals surface area contributed by atoms with Crippen LogP contribution in [0.2, 0.25) is 0 Å². The predicted octanol–water partition coefficient (Wildman–Crippen LogP) is 1.53. The lowest BCUT2D eigenvalue weighted by molar-refractivity contribution is -0.143. The van der Waals surface area contributed by atoms with E-state index >= 15 is 0 Å². The number of alkyl carbamates (subject to hydrolysis) is 1. The summed E-state index contributed by atoms with van der Waals surface area (Å²) >= 11 is 0. The number of amides is 2. The minimum absolute atomic E-state index is 0.0961. The smallest absolute Gasteiger partial charge is 0.407 e. The van der Waals surface area contributed by atoms with Crippen LogP contribution in [0, 0.1) is 5.92 Å². The molecule has 0 aliphatic carbocycles. The van der Waals surface area contributed by atoms with Crippen LogP contribution in [-0.2, 0) is 20.9 Å². The van der Waals surface area contributed by atoms with E-state index in [0.717, 1.165) is 5.56 Å². The van der Waals surface area contributed by atoms with Crippen molar-refractivity contribution >= 4 is 18.0 Å². The molecule has 1 aromatic carbocycles. The average molecular weight is 322 g/mol. The van der Waals surface area contributed by atoms with E-state index in [-0.39, 0.29) is 19.1 Å². The lowest BCUT2D eigenvalue weighted by atomic mass is 9.99. The van der Waals surface area contributed by atoms with Crippen molar-refractivity contribution in [3.05, 3.63) is 35.9 Å². The first kappa shape index (κ1) is 18.5. The SMILES string of the molecule is CCC(C)C(NC(=O)CNC(=O)OCc1ccccc1)C(=O)O. The molecule has 7 heteroatoms. The first-order valence-corrected chi connectivity index (χ1v) is 7.40. The van der Waals surface area contributed by atoms with Crippen molar-refractivity contribution in [1.82, 2.24) is 10.6 Å². The van der Waals surface area contributed by atoms with Crippen LogP contribution < -0.4 is 10.6 Å². The van der Waals surface area contributed by atoms with E-state index in [4.69, 9.17) is 9.84 Å². The molecule has 0 aromatic heterocycles. The van der Waals surface area contributed by atoms with Crippen molar-refractivity contribution in [1.29, 1.82) is 0 Å². The molecular weight excluding hydrogens is 300 g/mol. The summed E-state index contributed by atoms with van der Waals surface area (Å²) in [5.41, 5.74) is 0.829. The van der Waals surface area contributed by atoms with Crippen LogP contribution >= 0.6 is 0 Å². The molecule has 0 spiro atoms. The van der Waals surface area contributed by atoms with Gasteiger partial charge in [0.05, 0.1) is 0 Å².